The lowest BCUT2D eigenvalue weighted by Gasteiger charge is -2.11. The van der Waals surface area contributed by atoms with E-state index in [9.17, 15) is 10.1 Å². The summed E-state index contributed by atoms with van der Waals surface area (Å²) in [7, 11) is 0. The summed E-state index contributed by atoms with van der Waals surface area (Å²) in [6.45, 7) is 0.812. The quantitative estimate of drug-likeness (QED) is 0.505. The summed E-state index contributed by atoms with van der Waals surface area (Å²) in [5.74, 6) is 1.21. The molecule has 0 amide bonds. The lowest BCUT2D eigenvalue weighted by molar-refractivity contribution is -0.384. The Labute approximate surface area is 118 Å². The highest BCUT2D eigenvalue weighted by Crippen LogP contribution is 2.29. The van der Waals surface area contributed by atoms with Gasteiger partial charge >= 0.3 is 0 Å². The fourth-order valence-corrected chi connectivity index (χ4v) is 3.51. The van der Waals surface area contributed by atoms with Crippen molar-refractivity contribution in [2.24, 2.45) is 0 Å². The molecule has 0 saturated carbocycles. The van der Waals surface area contributed by atoms with Crippen molar-refractivity contribution in [2.75, 3.05) is 17.6 Å². The molecular formula is C11H13IN2O2S. The highest BCUT2D eigenvalue weighted by Gasteiger charge is 2.18. The average molecular weight is 364 g/mol. The van der Waals surface area contributed by atoms with Gasteiger partial charge in [-0.1, -0.05) is 0 Å². The van der Waals surface area contributed by atoms with Crippen LogP contribution in [0.5, 0.6) is 0 Å². The van der Waals surface area contributed by atoms with Crippen LogP contribution in [0, 0.1) is 13.7 Å². The fraction of sp³-hybridized carbons (Fsp3) is 0.455. The number of anilines is 1. The van der Waals surface area contributed by atoms with E-state index in [0.29, 0.717) is 10.9 Å². The van der Waals surface area contributed by atoms with Gasteiger partial charge in [-0.2, -0.15) is 11.8 Å². The fourth-order valence-electron chi connectivity index (χ4n) is 1.83. The van der Waals surface area contributed by atoms with Crippen molar-refractivity contribution in [1.29, 1.82) is 0 Å². The third kappa shape index (κ3) is 3.48. The molecule has 1 aromatic rings. The summed E-state index contributed by atoms with van der Waals surface area (Å²) in [5.41, 5.74) is 0.794. The average Bonchev–Trinajstić information content (AvgIpc) is 2.80. The van der Waals surface area contributed by atoms with Crippen LogP contribution in [-0.4, -0.2) is 22.5 Å². The van der Waals surface area contributed by atoms with E-state index in [-0.39, 0.29) is 10.6 Å². The minimum absolute atomic E-state index is 0.167. The lowest BCUT2D eigenvalue weighted by Crippen LogP contribution is -2.14. The van der Waals surface area contributed by atoms with Crippen LogP contribution in [0.3, 0.4) is 0 Å². The number of halogens is 1. The van der Waals surface area contributed by atoms with Crippen LogP contribution < -0.4 is 5.32 Å². The molecule has 0 bridgehead atoms. The predicted molar refractivity (Wildman–Crippen MR) is 79.8 cm³/mol. The highest BCUT2D eigenvalue weighted by molar-refractivity contribution is 14.1. The van der Waals surface area contributed by atoms with Gasteiger partial charge in [0.2, 0.25) is 0 Å². The second kappa shape index (κ2) is 5.90. The Morgan fingerprint density at radius 2 is 2.41 bits per heavy atom. The van der Waals surface area contributed by atoms with Crippen LogP contribution in [0.1, 0.15) is 12.8 Å². The van der Waals surface area contributed by atoms with Gasteiger partial charge in [-0.3, -0.25) is 10.1 Å². The first kappa shape index (κ1) is 12.9. The molecule has 0 aliphatic carbocycles. The van der Waals surface area contributed by atoms with Crippen molar-refractivity contribution in [3.63, 3.8) is 0 Å². The van der Waals surface area contributed by atoms with E-state index < -0.39 is 0 Å². The normalized spacial score (nSPS) is 19.2. The molecule has 1 aliphatic heterocycles. The number of nitro benzene ring substituents is 1. The third-order valence-electron chi connectivity index (χ3n) is 2.70. The van der Waals surface area contributed by atoms with E-state index in [1.807, 2.05) is 17.8 Å². The number of hydrogen-bond donors (Lipinski definition) is 1. The molecule has 0 aromatic heterocycles. The van der Waals surface area contributed by atoms with Gasteiger partial charge in [0.25, 0.3) is 5.69 Å². The second-order valence-electron chi connectivity index (χ2n) is 3.93. The van der Waals surface area contributed by atoms with Gasteiger partial charge in [-0.15, -0.1) is 0 Å². The summed E-state index contributed by atoms with van der Waals surface area (Å²) in [6, 6.07) is 5.28. The van der Waals surface area contributed by atoms with E-state index in [1.54, 1.807) is 12.1 Å². The topological polar surface area (TPSA) is 55.2 Å². The Morgan fingerprint density at radius 1 is 1.59 bits per heavy atom. The van der Waals surface area contributed by atoms with Gasteiger partial charge < -0.3 is 5.32 Å². The first-order chi connectivity index (χ1) is 8.16. The maximum atomic E-state index is 10.9. The van der Waals surface area contributed by atoms with Crippen molar-refractivity contribution >= 4 is 45.7 Å². The van der Waals surface area contributed by atoms with Crippen molar-refractivity contribution in [3.05, 3.63) is 31.9 Å². The van der Waals surface area contributed by atoms with Gasteiger partial charge in [0, 0.05) is 21.4 Å². The van der Waals surface area contributed by atoms with Crippen LogP contribution in [0.15, 0.2) is 18.2 Å². The van der Waals surface area contributed by atoms with Crippen LogP contribution in [0.2, 0.25) is 0 Å². The molecule has 1 unspecified atom stereocenters. The van der Waals surface area contributed by atoms with E-state index in [2.05, 4.69) is 27.9 Å². The monoisotopic (exact) mass is 364 g/mol. The molecule has 1 saturated heterocycles. The Balaban J connectivity index is 2.06. The number of hydrogen-bond acceptors (Lipinski definition) is 4. The SMILES string of the molecule is O=[N+]([O-])c1cc(I)ccc1NCC1CCCS1. The minimum Gasteiger partial charge on any atom is -0.378 e. The molecule has 92 valence electrons. The Bertz CT molecular complexity index is 422. The van der Waals surface area contributed by atoms with E-state index in [4.69, 9.17) is 0 Å². The Morgan fingerprint density at radius 3 is 3.06 bits per heavy atom. The molecule has 1 aliphatic rings. The number of nitro groups is 1. The predicted octanol–water partition coefficient (Wildman–Crippen LogP) is 3.51. The lowest BCUT2D eigenvalue weighted by atomic mass is 10.2. The van der Waals surface area contributed by atoms with Crippen molar-refractivity contribution in [1.82, 2.24) is 0 Å². The summed E-state index contributed by atoms with van der Waals surface area (Å²) >= 11 is 4.03. The first-order valence-electron chi connectivity index (χ1n) is 5.46. The zero-order chi connectivity index (χ0) is 12.3. The summed E-state index contributed by atoms with van der Waals surface area (Å²) in [5, 5.41) is 14.7. The molecule has 17 heavy (non-hydrogen) atoms. The standard InChI is InChI=1S/C11H13IN2O2S/c12-8-3-4-10(11(6-8)14(15)16)13-7-9-2-1-5-17-9/h3-4,6,9,13H,1-2,5,7H2. The molecule has 4 nitrogen and oxygen atoms in total. The maximum absolute atomic E-state index is 10.9. The molecule has 6 heteroatoms. The molecule has 2 rings (SSSR count). The van der Waals surface area contributed by atoms with Crippen molar-refractivity contribution in [3.8, 4) is 0 Å². The van der Waals surface area contributed by atoms with E-state index in [1.165, 1.54) is 18.6 Å². The minimum atomic E-state index is -0.327. The number of rotatable bonds is 4. The largest absolute Gasteiger partial charge is 0.378 e. The van der Waals surface area contributed by atoms with Crippen LogP contribution in [0.25, 0.3) is 0 Å². The molecule has 1 heterocycles. The zero-order valence-electron chi connectivity index (χ0n) is 9.19. The number of nitrogens with zero attached hydrogens (tertiary/aromatic N) is 1. The van der Waals surface area contributed by atoms with Gasteiger partial charge in [0.05, 0.1) is 4.92 Å². The maximum Gasteiger partial charge on any atom is 0.293 e. The van der Waals surface area contributed by atoms with Crippen LogP contribution >= 0.6 is 34.4 Å². The molecule has 1 atom stereocenters. The zero-order valence-corrected chi connectivity index (χ0v) is 12.2. The molecule has 1 fully saturated rings. The van der Waals surface area contributed by atoms with Crippen molar-refractivity contribution in [2.45, 2.75) is 18.1 Å². The molecular weight excluding hydrogens is 351 g/mol. The highest BCUT2D eigenvalue weighted by atomic mass is 127. The molecule has 1 aromatic carbocycles. The van der Waals surface area contributed by atoms with E-state index in [0.717, 1.165) is 10.1 Å². The molecule has 0 radical (unpaired) electrons. The Hall–Kier alpha value is -0.500. The first-order valence-corrected chi connectivity index (χ1v) is 7.59. The van der Waals surface area contributed by atoms with Crippen LogP contribution in [-0.2, 0) is 0 Å². The second-order valence-corrected chi connectivity index (χ2v) is 6.59. The Kier molecular flexibility index (Phi) is 4.49. The molecule has 1 N–H and O–H groups in total. The number of nitrogens with one attached hydrogen (secondary N) is 1. The van der Waals surface area contributed by atoms with Gasteiger partial charge in [0.15, 0.2) is 0 Å². The summed E-state index contributed by atoms with van der Waals surface area (Å²) in [4.78, 5) is 10.6. The third-order valence-corrected chi connectivity index (χ3v) is 4.77. The van der Waals surface area contributed by atoms with E-state index >= 15 is 0 Å². The summed E-state index contributed by atoms with van der Waals surface area (Å²) in [6.07, 6.45) is 2.46. The van der Waals surface area contributed by atoms with Crippen LogP contribution in [0.4, 0.5) is 11.4 Å². The van der Waals surface area contributed by atoms with Crippen molar-refractivity contribution < 1.29 is 4.92 Å². The smallest absolute Gasteiger partial charge is 0.293 e. The molecule has 0 spiro atoms. The van der Waals surface area contributed by atoms with Gasteiger partial charge in [-0.25, -0.2) is 0 Å². The number of benzene rings is 1. The van der Waals surface area contributed by atoms with Gasteiger partial charge in [0.1, 0.15) is 5.69 Å². The summed E-state index contributed by atoms with van der Waals surface area (Å²) < 4.78 is 0.884. The van der Waals surface area contributed by atoms with Gasteiger partial charge in [-0.05, 0) is 53.3 Å². The number of thioether (sulfide) groups is 1.